The number of fused-ring (bicyclic) bond motifs is 1. The van der Waals surface area contributed by atoms with Crippen LogP contribution in [0.2, 0.25) is 0 Å². The summed E-state index contributed by atoms with van der Waals surface area (Å²) in [6.45, 7) is 3.66. The fourth-order valence-corrected chi connectivity index (χ4v) is 1.43. The van der Waals surface area contributed by atoms with E-state index in [1.165, 1.54) is 4.20 Å². The molecule has 0 fully saturated rings. The zero-order valence-electron chi connectivity index (χ0n) is 6.37. The van der Waals surface area contributed by atoms with Crippen molar-refractivity contribution in [3.05, 3.63) is 36.5 Å². The number of hydrogen-bond donors (Lipinski definition) is 0. The fraction of sp³-hybridized carbons (Fsp3) is 0. The first-order valence-corrected chi connectivity index (χ1v) is 3.93. The largest absolute Gasteiger partial charge is 0.172 e. The first-order chi connectivity index (χ1) is 5.83. The van der Waals surface area contributed by atoms with Gasteiger partial charge >= 0.3 is 0 Å². The van der Waals surface area contributed by atoms with E-state index < -0.39 is 0 Å². The number of para-hydroxylation sites is 1. The van der Waals surface area contributed by atoms with Gasteiger partial charge < -0.3 is 0 Å². The lowest BCUT2D eigenvalue weighted by molar-refractivity contribution is 1.02. The highest BCUT2D eigenvalue weighted by Gasteiger charge is 2.04. The number of nitrogens with zero attached hydrogens (tertiary/aromatic N) is 2. The average molecular weight is 179 g/mol. The zero-order valence-corrected chi connectivity index (χ0v) is 7.12. The van der Waals surface area contributed by atoms with E-state index in [2.05, 4.69) is 11.7 Å². The van der Waals surface area contributed by atoms with Crippen molar-refractivity contribution in [1.29, 1.82) is 0 Å². The van der Waals surface area contributed by atoms with Crippen molar-refractivity contribution in [2.24, 2.45) is 0 Å². The third-order valence-electron chi connectivity index (χ3n) is 1.77. The lowest BCUT2D eigenvalue weighted by Crippen LogP contribution is -1.80. The summed E-state index contributed by atoms with van der Waals surface area (Å²) in [6.07, 6.45) is 1.70. The molecule has 0 atom stereocenters. The van der Waals surface area contributed by atoms with Gasteiger partial charge in [0.05, 0.1) is 11.2 Å². The van der Waals surface area contributed by atoms with E-state index in [1.807, 2.05) is 24.3 Å². The molecule has 0 radical (unpaired) electrons. The lowest BCUT2D eigenvalue weighted by atomic mass is 10.2. The molecule has 0 aliphatic heterocycles. The topological polar surface area (TPSA) is 17.8 Å². The second-order valence-corrected chi connectivity index (χ2v) is 2.79. The van der Waals surface area contributed by atoms with Gasteiger partial charge in [0, 0.05) is 17.2 Å². The molecule has 60 valence electrons. The van der Waals surface area contributed by atoms with Crippen molar-refractivity contribution in [2.75, 3.05) is 0 Å². The highest BCUT2D eigenvalue weighted by molar-refractivity contribution is 6.18. The van der Waals surface area contributed by atoms with Crippen molar-refractivity contribution in [3.8, 4) is 0 Å². The molecule has 1 aromatic carbocycles. The maximum absolute atomic E-state index is 5.81. The van der Waals surface area contributed by atoms with E-state index >= 15 is 0 Å². The molecule has 3 heteroatoms. The summed E-state index contributed by atoms with van der Waals surface area (Å²) in [4.78, 5) is 0. The minimum atomic E-state index is 0.820. The molecule has 12 heavy (non-hydrogen) atoms. The molecule has 0 amide bonds. The summed E-state index contributed by atoms with van der Waals surface area (Å²) >= 11 is 5.81. The van der Waals surface area contributed by atoms with E-state index in [1.54, 1.807) is 6.08 Å². The Balaban J connectivity index is 2.91. The monoisotopic (exact) mass is 178 g/mol. The van der Waals surface area contributed by atoms with Crippen LogP contribution in [-0.4, -0.2) is 9.30 Å². The summed E-state index contributed by atoms with van der Waals surface area (Å²) in [5, 5.41) is 5.10. The van der Waals surface area contributed by atoms with Crippen LogP contribution in [0.4, 0.5) is 0 Å². The van der Waals surface area contributed by atoms with Crippen LogP contribution in [0.5, 0.6) is 0 Å². The molecule has 2 nitrogen and oxygen atoms in total. The highest BCUT2D eigenvalue weighted by atomic mass is 35.5. The molecule has 0 spiro atoms. The number of benzene rings is 1. The summed E-state index contributed by atoms with van der Waals surface area (Å²) in [5.74, 6) is 0. The molecule has 2 aromatic rings. The summed E-state index contributed by atoms with van der Waals surface area (Å²) < 4.78 is 1.34. The molecular weight excluding hydrogens is 172 g/mol. The Morgan fingerprint density at radius 2 is 2.17 bits per heavy atom. The molecule has 0 bridgehead atoms. The number of aromatic nitrogens is 2. The smallest absolute Gasteiger partial charge is 0.0938 e. The van der Waals surface area contributed by atoms with Gasteiger partial charge in [0.1, 0.15) is 0 Å². The highest BCUT2D eigenvalue weighted by Crippen LogP contribution is 2.19. The number of hydrogen-bond acceptors (Lipinski definition) is 1. The van der Waals surface area contributed by atoms with Gasteiger partial charge in [-0.1, -0.05) is 24.8 Å². The Morgan fingerprint density at radius 1 is 1.42 bits per heavy atom. The van der Waals surface area contributed by atoms with E-state index in [0.717, 1.165) is 16.6 Å². The minimum absolute atomic E-state index is 0.820. The standard InChI is InChI=1S/C9H7ClN2/c1-2-8-7-5-3-4-6-9(7)12(10)11-8/h2-6H,1H2. The van der Waals surface area contributed by atoms with Crippen LogP contribution in [0, 0.1) is 0 Å². The SMILES string of the molecule is C=Cc1nn(Cl)c2ccccc12. The van der Waals surface area contributed by atoms with Gasteiger partial charge in [0.25, 0.3) is 0 Å². The Hall–Kier alpha value is -1.28. The van der Waals surface area contributed by atoms with Gasteiger partial charge in [-0.25, -0.2) is 0 Å². The van der Waals surface area contributed by atoms with Gasteiger partial charge in [0.2, 0.25) is 0 Å². The van der Waals surface area contributed by atoms with Crippen molar-refractivity contribution in [3.63, 3.8) is 0 Å². The van der Waals surface area contributed by atoms with Gasteiger partial charge in [-0.2, -0.15) is 9.30 Å². The molecule has 1 heterocycles. The van der Waals surface area contributed by atoms with Crippen LogP contribution >= 0.6 is 11.8 Å². The van der Waals surface area contributed by atoms with E-state index in [4.69, 9.17) is 11.8 Å². The van der Waals surface area contributed by atoms with Gasteiger partial charge in [-0.05, 0) is 12.1 Å². The second kappa shape index (κ2) is 2.64. The molecule has 0 saturated carbocycles. The quantitative estimate of drug-likeness (QED) is 0.657. The predicted octanol–water partition coefficient (Wildman–Crippen LogP) is 2.68. The maximum atomic E-state index is 5.81. The molecular formula is C9H7ClN2. The molecule has 0 saturated heterocycles. The fourth-order valence-electron chi connectivity index (χ4n) is 1.20. The average Bonchev–Trinajstić information content (AvgIpc) is 2.44. The Morgan fingerprint density at radius 3 is 2.92 bits per heavy atom. The molecule has 0 unspecified atom stereocenters. The van der Waals surface area contributed by atoms with E-state index in [9.17, 15) is 0 Å². The van der Waals surface area contributed by atoms with Crippen LogP contribution in [0.15, 0.2) is 30.8 Å². The molecule has 0 N–H and O–H groups in total. The first-order valence-electron chi connectivity index (χ1n) is 3.59. The molecule has 1 aromatic heterocycles. The van der Waals surface area contributed by atoms with Gasteiger partial charge in [0.15, 0.2) is 0 Å². The van der Waals surface area contributed by atoms with Crippen molar-refractivity contribution in [1.82, 2.24) is 9.30 Å². The maximum Gasteiger partial charge on any atom is 0.0938 e. The number of halogens is 1. The molecule has 0 aliphatic rings. The normalized spacial score (nSPS) is 10.4. The van der Waals surface area contributed by atoms with Crippen molar-refractivity contribution < 1.29 is 0 Å². The first kappa shape index (κ1) is 7.37. The van der Waals surface area contributed by atoms with Crippen LogP contribution < -0.4 is 0 Å². The lowest BCUT2D eigenvalue weighted by Gasteiger charge is -1.87. The van der Waals surface area contributed by atoms with Crippen LogP contribution in [0.1, 0.15) is 5.69 Å². The van der Waals surface area contributed by atoms with Gasteiger partial charge in [-0.15, -0.1) is 0 Å². The Kier molecular flexibility index (Phi) is 1.62. The zero-order chi connectivity index (χ0) is 8.55. The van der Waals surface area contributed by atoms with E-state index in [-0.39, 0.29) is 0 Å². The second-order valence-electron chi connectivity index (χ2n) is 2.47. The Labute approximate surface area is 75.2 Å². The summed E-state index contributed by atoms with van der Waals surface area (Å²) in [5.41, 5.74) is 1.73. The van der Waals surface area contributed by atoms with Crippen LogP contribution in [0.3, 0.4) is 0 Å². The molecule has 0 aliphatic carbocycles. The minimum Gasteiger partial charge on any atom is -0.172 e. The van der Waals surface area contributed by atoms with E-state index in [0.29, 0.717) is 0 Å². The molecule has 2 rings (SSSR count). The summed E-state index contributed by atoms with van der Waals surface area (Å²) in [7, 11) is 0. The van der Waals surface area contributed by atoms with Crippen molar-refractivity contribution in [2.45, 2.75) is 0 Å². The van der Waals surface area contributed by atoms with Crippen molar-refractivity contribution >= 4 is 28.8 Å². The van der Waals surface area contributed by atoms with Crippen LogP contribution in [0.25, 0.3) is 17.0 Å². The number of rotatable bonds is 1. The summed E-state index contributed by atoms with van der Waals surface area (Å²) in [6, 6.07) is 7.77. The third kappa shape index (κ3) is 0.924. The predicted molar refractivity (Wildman–Crippen MR) is 51.1 cm³/mol. The Bertz CT molecular complexity index is 431. The third-order valence-corrected chi connectivity index (χ3v) is 2.03. The van der Waals surface area contributed by atoms with Crippen LogP contribution in [-0.2, 0) is 0 Å². The van der Waals surface area contributed by atoms with Gasteiger partial charge in [-0.3, -0.25) is 0 Å².